The quantitative estimate of drug-likeness (QED) is 0.768. The average Bonchev–Trinajstić information content (AvgIpc) is 2.68. The van der Waals surface area contributed by atoms with Gasteiger partial charge in [-0.15, -0.1) is 0 Å². The van der Waals surface area contributed by atoms with Crippen molar-refractivity contribution in [2.45, 2.75) is 32.5 Å². The van der Waals surface area contributed by atoms with Crippen LogP contribution < -0.4 is 5.32 Å². The summed E-state index contributed by atoms with van der Waals surface area (Å²) in [6.45, 7) is 4.31. The number of hydrogen-bond donors (Lipinski definition) is 1. The van der Waals surface area contributed by atoms with E-state index < -0.39 is 6.10 Å². The molecule has 0 saturated heterocycles. The van der Waals surface area contributed by atoms with Gasteiger partial charge in [-0.05, 0) is 19.9 Å². The number of nitrogens with one attached hydrogen (secondary N) is 1. The Morgan fingerprint density at radius 2 is 2.33 bits per heavy atom. The normalized spacial score (nSPS) is 14.6. The summed E-state index contributed by atoms with van der Waals surface area (Å²) in [5.74, 6) is -0.0999. The summed E-state index contributed by atoms with van der Waals surface area (Å²) < 4.78 is 6.69. The van der Waals surface area contributed by atoms with Gasteiger partial charge >= 0.3 is 0 Å². The second-order valence-electron chi connectivity index (χ2n) is 3.52. The molecule has 5 nitrogen and oxygen atoms in total. The lowest BCUT2D eigenvalue weighted by Crippen LogP contribution is -2.41. The van der Waals surface area contributed by atoms with Gasteiger partial charge in [0.2, 0.25) is 5.91 Å². The second kappa shape index (κ2) is 5.50. The van der Waals surface area contributed by atoms with Crippen molar-refractivity contribution in [2.75, 3.05) is 7.11 Å². The van der Waals surface area contributed by atoms with Crippen LogP contribution in [0.4, 0.5) is 0 Å². The highest BCUT2D eigenvalue weighted by atomic mass is 16.5. The Labute approximate surface area is 89.4 Å². The zero-order valence-electron chi connectivity index (χ0n) is 9.30. The molecule has 0 aromatic carbocycles. The Hall–Kier alpha value is -1.36. The van der Waals surface area contributed by atoms with Gasteiger partial charge in [0, 0.05) is 25.5 Å². The summed E-state index contributed by atoms with van der Waals surface area (Å²) in [7, 11) is 1.52. The van der Waals surface area contributed by atoms with E-state index in [1.165, 1.54) is 7.11 Å². The third kappa shape index (κ3) is 3.71. The Kier molecular flexibility index (Phi) is 4.30. The summed E-state index contributed by atoms with van der Waals surface area (Å²) in [4.78, 5) is 11.4. The van der Waals surface area contributed by atoms with Gasteiger partial charge in [0.15, 0.2) is 0 Å². The molecule has 0 bridgehead atoms. The molecule has 1 amide bonds. The van der Waals surface area contributed by atoms with E-state index in [9.17, 15) is 4.79 Å². The monoisotopic (exact) mass is 211 g/mol. The molecule has 2 unspecified atom stereocenters. The Morgan fingerprint density at radius 3 is 2.87 bits per heavy atom. The number of ether oxygens (including phenoxy) is 1. The molecule has 0 saturated carbocycles. The third-order valence-electron chi connectivity index (χ3n) is 2.13. The molecule has 2 atom stereocenters. The van der Waals surface area contributed by atoms with Gasteiger partial charge in [0.1, 0.15) is 6.10 Å². The SMILES string of the molecule is COC(C)C(=O)NC(C)Cn1cccn1. The molecule has 1 heterocycles. The molecule has 0 fully saturated rings. The topological polar surface area (TPSA) is 56.1 Å². The number of rotatable bonds is 5. The molecule has 0 aliphatic rings. The van der Waals surface area contributed by atoms with E-state index in [0.717, 1.165) is 0 Å². The first-order valence-corrected chi connectivity index (χ1v) is 4.94. The van der Waals surface area contributed by atoms with Gasteiger partial charge < -0.3 is 10.1 Å². The van der Waals surface area contributed by atoms with Crippen molar-refractivity contribution in [1.29, 1.82) is 0 Å². The summed E-state index contributed by atoms with van der Waals surface area (Å²) in [5.41, 5.74) is 0. The van der Waals surface area contributed by atoms with Gasteiger partial charge in [0.25, 0.3) is 0 Å². The van der Waals surface area contributed by atoms with E-state index in [1.54, 1.807) is 17.8 Å². The van der Waals surface area contributed by atoms with Gasteiger partial charge in [-0.25, -0.2) is 0 Å². The van der Waals surface area contributed by atoms with Gasteiger partial charge in [0.05, 0.1) is 6.54 Å². The molecule has 0 radical (unpaired) electrons. The molecule has 84 valence electrons. The number of methoxy groups -OCH3 is 1. The fourth-order valence-corrected chi connectivity index (χ4v) is 1.20. The first-order chi connectivity index (χ1) is 7.13. The lowest BCUT2D eigenvalue weighted by molar-refractivity contribution is -0.130. The standard InChI is InChI=1S/C10H17N3O2/c1-8(7-13-6-4-5-11-13)12-10(14)9(2)15-3/h4-6,8-9H,7H2,1-3H3,(H,12,14). The van der Waals surface area contributed by atoms with E-state index >= 15 is 0 Å². The molecule has 15 heavy (non-hydrogen) atoms. The maximum atomic E-state index is 11.4. The number of amides is 1. The summed E-state index contributed by atoms with van der Waals surface area (Å²) >= 11 is 0. The van der Waals surface area contributed by atoms with Crippen molar-refractivity contribution in [2.24, 2.45) is 0 Å². The molecule has 1 rings (SSSR count). The lowest BCUT2D eigenvalue weighted by atomic mass is 10.3. The van der Waals surface area contributed by atoms with E-state index in [1.807, 2.05) is 19.2 Å². The molecule has 0 aliphatic heterocycles. The Morgan fingerprint density at radius 1 is 1.60 bits per heavy atom. The number of hydrogen-bond acceptors (Lipinski definition) is 3. The number of carbonyl (C=O) groups is 1. The maximum absolute atomic E-state index is 11.4. The van der Waals surface area contributed by atoms with E-state index in [2.05, 4.69) is 10.4 Å². The van der Waals surface area contributed by atoms with Crippen LogP contribution in [-0.2, 0) is 16.1 Å². The molecule has 1 aromatic rings. The summed E-state index contributed by atoms with van der Waals surface area (Å²) in [5, 5.41) is 6.91. The van der Waals surface area contributed by atoms with E-state index in [0.29, 0.717) is 6.54 Å². The van der Waals surface area contributed by atoms with Crippen LogP contribution in [0.3, 0.4) is 0 Å². The van der Waals surface area contributed by atoms with Crippen molar-refractivity contribution >= 4 is 5.91 Å². The highest BCUT2D eigenvalue weighted by Crippen LogP contribution is 1.93. The minimum atomic E-state index is -0.412. The second-order valence-corrected chi connectivity index (χ2v) is 3.52. The van der Waals surface area contributed by atoms with Crippen molar-refractivity contribution in [1.82, 2.24) is 15.1 Å². The number of carbonyl (C=O) groups excluding carboxylic acids is 1. The highest BCUT2D eigenvalue weighted by Gasteiger charge is 2.14. The lowest BCUT2D eigenvalue weighted by Gasteiger charge is -2.16. The summed E-state index contributed by atoms with van der Waals surface area (Å²) in [6, 6.07) is 1.89. The van der Waals surface area contributed by atoms with Crippen LogP contribution >= 0.6 is 0 Å². The predicted octanol–water partition coefficient (Wildman–Crippen LogP) is 0.423. The predicted molar refractivity (Wildman–Crippen MR) is 56.3 cm³/mol. The van der Waals surface area contributed by atoms with Crippen LogP contribution in [-0.4, -0.2) is 34.9 Å². The summed E-state index contributed by atoms with van der Waals surface area (Å²) in [6.07, 6.45) is 3.17. The van der Waals surface area contributed by atoms with Crippen LogP contribution in [0.15, 0.2) is 18.5 Å². The molecular formula is C10H17N3O2. The molecule has 1 N–H and O–H groups in total. The highest BCUT2D eigenvalue weighted by molar-refractivity contribution is 5.80. The first-order valence-electron chi connectivity index (χ1n) is 4.94. The van der Waals surface area contributed by atoms with Crippen LogP contribution in [0.5, 0.6) is 0 Å². The van der Waals surface area contributed by atoms with E-state index in [-0.39, 0.29) is 11.9 Å². The zero-order valence-corrected chi connectivity index (χ0v) is 9.30. The molecule has 1 aromatic heterocycles. The fraction of sp³-hybridized carbons (Fsp3) is 0.600. The van der Waals surface area contributed by atoms with E-state index in [4.69, 9.17) is 4.74 Å². The van der Waals surface area contributed by atoms with Gasteiger partial charge in [-0.1, -0.05) is 0 Å². The van der Waals surface area contributed by atoms with Crippen LogP contribution in [0.2, 0.25) is 0 Å². The van der Waals surface area contributed by atoms with Crippen molar-refractivity contribution in [3.8, 4) is 0 Å². The number of aromatic nitrogens is 2. The van der Waals surface area contributed by atoms with Crippen molar-refractivity contribution < 1.29 is 9.53 Å². The molecule has 0 spiro atoms. The minimum absolute atomic E-state index is 0.0370. The van der Waals surface area contributed by atoms with Crippen LogP contribution in [0.25, 0.3) is 0 Å². The average molecular weight is 211 g/mol. The van der Waals surface area contributed by atoms with Crippen molar-refractivity contribution in [3.63, 3.8) is 0 Å². The molecule has 0 aliphatic carbocycles. The maximum Gasteiger partial charge on any atom is 0.249 e. The van der Waals surface area contributed by atoms with Crippen molar-refractivity contribution in [3.05, 3.63) is 18.5 Å². The third-order valence-corrected chi connectivity index (χ3v) is 2.13. The Balaban J connectivity index is 2.36. The van der Waals surface area contributed by atoms with Crippen LogP contribution in [0.1, 0.15) is 13.8 Å². The zero-order chi connectivity index (χ0) is 11.3. The van der Waals surface area contributed by atoms with Gasteiger partial charge in [-0.2, -0.15) is 5.10 Å². The smallest absolute Gasteiger partial charge is 0.249 e. The molecule has 5 heteroatoms. The largest absolute Gasteiger partial charge is 0.372 e. The Bertz CT molecular complexity index is 298. The van der Waals surface area contributed by atoms with Crippen LogP contribution in [0, 0.1) is 0 Å². The number of nitrogens with zero attached hydrogens (tertiary/aromatic N) is 2. The fourth-order valence-electron chi connectivity index (χ4n) is 1.20. The molecular weight excluding hydrogens is 194 g/mol. The minimum Gasteiger partial charge on any atom is -0.372 e. The van der Waals surface area contributed by atoms with Gasteiger partial charge in [-0.3, -0.25) is 9.48 Å². The first kappa shape index (κ1) is 11.7.